The van der Waals surface area contributed by atoms with E-state index >= 15 is 0 Å². The summed E-state index contributed by atoms with van der Waals surface area (Å²) in [6.07, 6.45) is 1.73. The van der Waals surface area contributed by atoms with Crippen LogP contribution in [0, 0.1) is 20.8 Å². The molecule has 0 saturated heterocycles. The number of rotatable bonds is 4. The van der Waals surface area contributed by atoms with Crippen molar-refractivity contribution >= 4 is 11.6 Å². The molecule has 0 aliphatic carbocycles. The van der Waals surface area contributed by atoms with Crippen molar-refractivity contribution < 1.29 is 4.79 Å². The molecule has 2 aromatic heterocycles. The fourth-order valence-electron chi connectivity index (χ4n) is 3.22. The van der Waals surface area contributed by atoms with E-state index in [2.05, 4.69) is 20.4 Å². The predicted octanol–water partition coefficient (Wildman–Crippen LogP) is 4.51. The molecule has 0 saturated carbocycles. The maximum Gasteiger partial charge on any atom is 0.255 e. The van der Waals surface area contributed by atoms with E-state index in [9.17, 15) is 4.79 Å². The van der Waals surface area contributed by atoms with Gasteiger partial charge in [-0.1, -0.05) is 12.1 Å². The summed E-state index contributed by atoms with van der Waals surface area (Å²) in [4.78, 5) is 21.2. The molecule has 0 aliphatic heterocycles. The van der Waals surface area contributed by atoms with E-state index in [1.165, 1.54) is 0 Å². The Labute approximate surface area is 169 Å². The first-order valence-electron chi connectivity index (χ1n) is 9.35. The van der Waals surface area contributed by atoms with Crippen LogP contribution in [0.1, 0.15) is 27.6 Å². The third-order valence-corrected chi connectivity index (χ3v) is 4.58. The van der Waals surface area contributed by atoms with Crippen LogP contribution >= 0.6 is 0 Å². The lowest BCUT2D eigenvalue weighted by molar-refractivity contribution is 0.102. The molecule has 0 atom stereocenters. The summed E-state index contributed by atoms with van der Waals surface area (Å²) in [7, 11) is 0. The number of hydrogen-bond acceptors (Lipinski definition) is 4. The van der Waals surface area contributed by atoms with Crippen molar-refractivity contribution in [3.05, 3.63) is 89.6 Å². The van der Waals surface area contributed by atoms with E-state index in [1.54, 1.807) is 18.3 Å². The van der Waals surface area contributed by atoms with Gasteiger partial charge in [-0.05, 0) is 69.3 Å². The van der Waals surface area contributed by atoms with Crippen LogP contribution in [0.15, 0.2) is 66.9 Å². The zero-order valence-electron chi connectivity index (χ0n) is 16.5. The Morgan fingerprint density at radius 1 is 0.966 bits per heavy atom. The lowest BCUT2D eigenvalue weighted by Crippen LogP contribution is -2.12. The lowest BCUT2D eigenvalue weighted by Gasteiger charge is -2.09. The molecule has 6 nitrogen and oxygen atoms in total. The lowest BCUT2D eigenvalue weighted by atomic mass is 10.1. The number of anilines is 1. The maximum atomic E-state index is 12.7. The molecule has 0 spiro atoms. The third kappa shape index (κ3) is 4.06. The first kappa shape index (κ1) is 18.6. The van der Waals surface area contributed by atoms with Crippen molar-refractivity contribution in [3.8, 4) is 16.9 Å². The fraction of sp³-hybridized carbons (Fsp3) is 0.130. The summed E-state index contributed by atoms with van der Waals surface area (Å²) in [5.41, 5.74) is 5.98. The van der Waals surface area contributed by atoms with Crippen molar-refractivity contribution in [1.29, 1.82) is 0 Å². The van der Waals surface area contributed by atoms with Gasteiger partial charge in [0.05, 0.1) is 17.1 Å². The smallest absolute Gasteiger partial charge is 0.255 e. The van der Waals surface area contributed by atoms with E-state index in [0.717, 1.165) is 28.3 Å². The molecule has 144 valence electrons. The van der Waals surface area contributed by atoms with Gasteiger partial charge in [0.2, 0.25) is 0 Å². The number of nitrogens with zero attached hydrogens (tertiary/aromatic N) is 4. The first-order chi connectivity index (χ1) is 14.0. The second-order valence-electron chi connectivity index (χ2n) is 6.91. The summed E-state index contributed by atoms with van der Waals surface area (Å²) >= 11 is 0. The van der Waals surface area contributed by atoms with E-state index in [-0.39, 0.29) is 5.91 Å². The Bertz CT molecular complexity index is 1180. The standard InChI is InChI=1S/C23H21N5O/c1-15-13-16(2)28(27-15)21-9-7-18(8-10-21)23(29)26-20-6-4-5-19(14-20)22-11-12-24-17(3)25-22/h4-14H,1-3H3,(H,26,29). The maximum absolute atomic E-state index is 12.7. The summed E-state index contributed by atoms with van der Waals surface area (Å²) in [5, 5.41) is 7.43. The highest BCUT2D eigenvalue weighted by molar-refractivity contribution is 6.04. The van der Waals surface area contributed by atoms with Gasteiger partial charge < -0.3 is 5.32 Å². The van der Waals surface area contributed by atoms with Gasteiger partial charge in [0.15, 0.2) is 0 Å². The molecule has 0 aliphatic rings. The molecule has 0 unspecified atom stereocenters. The Balaban J connectivity index is 1.52. The van der Waals surface area contributed by atoms with Gasteiger partial charge in [0.1, 0.15) is 5.82 Å². The molecule has 0 radical (unpaired) electrons. The zero-order valence-corrected chi connectivity index (χ0v) is 16.5. The molecule has 0 bridgehead atoms. The minimum Gasteiger partial charge on any atom is -0.322 e. The van der Waals surface area contributed by atoms with Gasteiger partial charge in [-0.3, -0.25) is 4.79 Å². The normalized spacial score (nSPS) is 10.7. The number of nitrogens with one attached hydrogen (secondary N) is 1. The average molecular weight is 383 g/mol. The number of aromatic nitrogens is 4. The van der Waals surface area contributed by atoms with Gasteiger partial charge in [-0.25, -0.2) is 14.6 Å². The minimum absolute atomic E-state index is 0.166. The van der Waals surface area contributed by atoms with Crippen LogP contribution in [0.2, 0.25) is 0 Å². The van der Waals surface area contributed by atoms with Crippen molar-refractivity contribution in [2.45, 2.75) is 20.8 Å². The van der Waals surface area contributed by atoms with E-state index in [1.807, 2.05) is 74.0 Å². The van der Waals surface area contributed by atoms with E-state index in [4.69, 9.17) is 0 Å². The molecular formula is C23H21N5O. The number of aryl methyl sites for hydroxylation is 3. The van der Waals surface area contributed by atoms with Crippen LogP contribution in [-0.2, 0) is 0 Å². The minimum atomic E-state index is -0.166. The highest BCUT2D eigenvalue weighted by Gasteiger charge is 2.09. The molecule has 29 heavy (non-hydrogen) atoms. The van der Waals surface area contributed by atoms with Crippen LogP contribution < -0.4 is 5.32 Å². The first-order valence-corrected chi connectivity index (χ1v) is 9.35. The number of hydrogen-bond donors (Lipinski definition) is 1. The topological polar surface area (TPSA) is 72.7 Å². The van der Waals surface area contributed by atoms with E-state index < -0.39 is 0 Å². The highest BCUT2D eigenvalue weighted by Crippen LogP contribution is 2.21. The largest absolute Gasteiger partial charge is 0.322 e. The summed E-state index contributed by atoms with van der Waals surface area (Å²) in [6, 6.07) is 18.9. The monoisotopic (exact) mass is 383 g/mol. The molecule has 6 heteroatoms. The van der Waals surface area contributed by atoms with Crippen LogP contribution in [0.5, 0.6) is 0 Å². The molecule has 2 aromatic carbocycles. The Hall–Kier alpha value is -3.80. The van der Waals surface area contributed by atoms with Gasteiger partial charge in [-0.15, -0.1) is 0 Å². The number of carbonyl (C=O) groups is 1. The SMILES string of the molecule is Cc1cc(C)n(-c2ccc(C(=O)Nc3cccc(-c4ccnc(C)n4)c3)cc2)n1. The highest BCUT2D eigenvalue weighted by atomic mass is 16.1. The average Bonchev–Trinajstić information content (AvgIpc) is 3.06. The Kier molecular flexibility index (Phi) is 4.91. The molecular weight excluding hydrogens is 362 g/mol. The second kappa shape index (κ2) is 7.67. The number of amides is 1. The summed E-state index contributed by atoms with van der Waals surface area (Å²) in [5.74, 6) is 0.542. The van der Waals surface area contributed by atoms with Gasteiger partial charge in [0, 0.05) is 28.7 Å². The van der Waals surface area contributed by atoms with Crippen LogP contribution in [-0.4, -0.2) is 25.7 Å². The Morgan fingerprint density at radius 2 is 1.76 bits per heavy atom. The molecule has 0 fully saturated rings. The molecule has 2 heterocycles. The van der Waals surface area contributed by atoms with Crippen molar-refractivity contribution in [2.24, 2.45) is 0 Å². The van der Waals surface area contributed by atoms with Gasteiger partial charge in [0.25, 0.3) is 5.91 Å². The van der Waals surface area contributed by atoms with Crippen LogP contribution in [0.25, 0.3) is 16.9 Å². The summed E-state index contributed by atoms with van der Waals surface area (Å²) < 4.78 is 1.87. The zero-order chi connectivity index (χ0) is 20.4. The fourth-order valence-corrected chi connectivity index (χ4v) is 3.22. The Morgan fingerprint density at radius 3 is 2.45 bits per heavy atom. The van der Waals surface area contributed by atoms with Gasteiger partial charge >= 0.3 is 0 Å². The second-order valence-corrected chi connectivity index (χ2v) is 6.91. The molecule has 1 amide bonds. The van der Waals surface area contributed by atoms with Crippen LogP contribution in [0.3, 0.4) is 0 Å². The predicted molar refractivity (Wildman–Crippen MR) is 113 cm³/mol. The third-order valence-electron chi connectivity index (χ3n) is 4.58. The van der Waals surface area contributed by atoms with E-state index in [0.29, 0.717) is 17.1 Å². The van der Waals surface area contributed by atoms with Crippen molar-refractivity contribution in [2.75, 3.05) is 5.32 Å². The molecule has 4 rings (SSSR count). The number of benzene rings is 2. The summed E-state index contributed by atoms with van der Waals surface area (Å²) in [6.45, 7) is 5.82. The van der Waals surface area contributed by atoms with Gasteiger partial charge in [-0.2, -0.15) is 5.10 Å². The molecule has 4 aromatic rings. The van der Waals surface area contributed by atoms with Crippen molar-refractivity contribution in [1.82, 2.24) is 19.7 Å². The number of carbonyl (C=O) groups excluding carboxylic acids is 1. The quantitative estimate of drug-likeness (QED) is 0.563. The van der Waals surface area contributed by atoms with Crippen molar-refractivity contribution in [3.63, 3.8) is 0 Å². The molecule has 1 N–H and O–H groups in total. The van der Waals surface area contributed by atoms with Crippen LogP contribution in [0.4, 0.5) is 5.69 Å².